The summed E-state index contributed by atoms with van der Waals surface area (Å²) in [6.07, 6.45) is -4.21. The second-order valence-electron chi connectivity index (χ2n) is 3.94. The van der Waals surface area contributed by atoms with Crippen molar-refractivity contribution in [3.63, 3.8) is 0 Å². The van der Waals surface area contributed by atoms with Crippen molar-refractivity contribution in [1.82, 2.24) is 10.2 Å². The molecular weight excluding hydrogens is 261 g/mol. The Morgan fingerprint density at radius 3 is 2.47 bits per heavy atom. The van der Waals surface area contributed by atoms with Crippen LogP contribution in [0.25, 0.3) is 0 Å². The largest absolute Gasteiger partial charge is 0.405 e. The third-order valence-electron chi connectivity index (χ3n) is 2.52. The number of carbonyl (C=O) groups is 1. The Morgan fingerprint density at radius 2 is 2.06 bits per heavy atom. The third kappa shape index (κ3) is 4.41. The van der Waals surface area contributed by atoms with E-state index in [2.05, 4.69) is 0 Å². The zero-order chi connectivity index (χ0) is 13.3. The molecule has 0 radical (unpaired) electrons. The van der Waals surface area contributed by atoms with Crippen LogP contribution in [0.2, 0.25) is 0 Å². The zero-order valence-electron chi connectivity index (χ0n) is 9.12. The van der Waals surface area contributed by atoms with E-state index in [0.717, 1.165) is 4.90 Å². The van der Waals surface area contributed by atoms with Crippen molar-refractivity contribution in [2.45, 2.75) is 18.6 Å². The molecule has 9 heteroatoms. The number of amides is 2. The maximum absolute atomic E-state index is 11.9. The first-order valence-electron chi connectivity index (χ1n) is 4.88. The summed E-state index contributed by atoms with van der Waals surface area (Å²) in [5.41, 5.74) is 0. The van der Waals surface area contributed by atoms with Gasteiger partial charge in [-0.3, -0.25) is 0 Å². The van der Waals surface area contributed by atoms with Crippen LogP contribution in [0.5, 0.6) is 0 Å². The van der Waals surface area contributed by atoms with Gasteiger partial charge in [0.25, 0.3) is 0 Å². The van der Waals surface area contributed by atoms with E-state index in [-0.39, 0.29) is 17.9 Å². The van der Waals surface area contributed by atoms with Crippen molar-refractivity contribution in [1.29, 1.82) is 0 Å². The number of nitrogens with zero attached hydrogens (tertiary/aromatic N) is 1. The van der Waals surface area contributed by atoms with Gasteiger partial charge >= 0.3 is 12.2 Å². The number of urea groups is 1. The van der Waals surface area contributed by atoms with E-state index >= 15 is 0 Å². The lowest BCUT2D eigenvalue weighted by Crippen LogP contribution is -2.46. The smallest absolute Gasteiger partial charge is 0.329 e. The van der Waals surface area contributed by atoms with Crippen LogP contribution in [0.15, 0.2) is 0 Å². The number of rotatable bonds is 2. The van der Waals surface area contributed by atoms with Crippen LogP contribution in [0.3, 0.4) is 0 Å². The summed E-state index contributed by atoms with van der Waals surface area (Å²) in [6, 6.07) is -1.46. The number of alkyl halides is 3. The van der Waals surface area contributed by atoms with Gasteiger partial charge in [-0.25, -0.2) is 13.2 Å². The predicted molar refractivity (Wildman–Crippen MR) is 54.3 cm³/mol. The Hall–Kier alpha value is -0.990. The van der Waals surface area contributed by atoms with Gasteiger partial charge in [-0.05, 0) is 6.42 Å². The lowest BCUT2D eigenvalue weighted by molar-refractivity contribution is -0.123. The van der Waals surface area contributed by atoms with Crippen molar-refractivity contribution < 1.29 is 26.4 Å². The molecule has 1 fully saturated rings. The van der Waals surface area contributed by atoms with Crippen LogP contribution in [-0.4, -0.2) is 56.7 Å². The van der Waals surface area contributed by atoms with Crippen molar-refractivity contribution in [2.75, 3.05) is 25.1 Å². The van der Waals surface area contributed by atoms with Crippen LogP contribution < -0.4 is 5.32 Å². The van der Waals surface area contributed by atoms with Crippen molar-refractivity contribution in [2.24, 2.45) is 0 Å². The molecule has 5 nitrogen and oxygen atoms in total. The number of carbonyl (C=O) groups excluding carboxylic acids is 1. The van der Waals surface area contributed by atoms with Crippen molar-refractivity contribution in [3.8, 4) is 0 Å². The molecule has 1 unspecified atom stereocenters. The fourth-order valence-corrected chi connectivity index (χ4v) is 3.32. The molecule has 0 saturated carbocycles. The summed E-state index contributed by atoms with van der Waals surface area (Å²) in [6.45, 7) is -1.42. The first kappa shape index (κ1) is 14.1. The van der Waals surface area contributed by atoms with E-state index in [1.807, 2.05) is 0 Å². The Labute approximate surface area is 96.9 Å². The molecule has 0 spiro atoms. The Balaban J connectivity index is 2.48. The van der Waals surface area contributed by atoms with Crippen LogP contribution in [0.1, 0.15) is 6.42 Å². The highest BCUT2D eigenvalue weighted by Crippen LogP contribution is 2.17. The van der Waals surface area contributed by atoms with Crippen molar-refractivity contribution in [3.05, 3.63) is 0 Å². The van der Waals surface area contributed by atoms with E-state index in [1.165, 1.54) is 7.05 Å². The minimum atomic E-state index is -4.47. The second-order valence-corrected chi connectivity index (χ2v) is 6.17. The number of halogens is 3. The summed E-state index contributed by atoms with van der Waals surface area (Å²) in [7, 11) is -1.87. The first-order chi connectivity index (χ1) is 7.61. The van der Waals surface area contributed by atoms with Crippen LogP contribution in [-0.2, 0) is 9.84 Å². The number of sulfone groups is 1. The zero-order valence-corrected chi connectivity index (χ0v) is 9.94. The molecule has 2 amide bonds. The van der Waals surface area contributed by atoms with Gasteiger partial charge in [0.05, 0.1) is 11.5 Å². The van der Waals surface area contributed by atoms with Gasteiger partial charge in [0, 0.05) is 13.1 Å². The minimum absolute atomic E-state index is 0.0332. The molecule has 1 heterocycles. The Bertz CT molecular complexity index is 393. The number of hydrogen-bond donors (Lipinski definition) is 1. The van der Waals surface area contributed by atoms with Crippen LogP contribution in [0, 0.1) is 0 Å². The summed E-state index contributed by atoms with van der Waals surface area (Å²) < 4.78 is 57.8. The van der Waals surface area contributed by atoms with E-state index in [1.54, 1.807) is 5.32 Å². The molecule has 0 aromatic carbocycles. The third-order valence-corrected chi connectivity index (χ3v) is 4.27. The summed E-state index contributed by atoms with van der Waals surface area (Å²) >= 11 is 0. The SMILES string of the molecule is CN(C(=O)NCC(F)(F)F)C1CCS(=O)(=O)C1. The molecule has 1 saturated heterocycles. The fourth-order valence-electron chi connectivity index (χ4n) is 1.55. The van der Waals surface area contributed by atoms with Gasteiger partial charge in [-0.1, -0.05) is 0 Å². The average molecular weight is 274 g/mol. The fraction of sp³-hybridized carbons (Fsp3) is 0.875. The molecule has 0 aromatic heterocycles. The highest BCUT2D eigenvalue weighted by Gasteiger charge is 2.34. The van der Waals surface area contributed by atoms with Gasteiger partial charge in [0.2, 0.25) is 0 Å². The van der Waals surface area contributed by atoms with Crippen molar-refractivity contribution >= 4 is 15.9 Å². The lowest BCUT2D eigenvalue weighted by atomic mass is 10.2. The van der Waals surface area contributed by atoms with Gasteiger partial charge in [-0.2, -0.15) is 13.2 Å². The standard InChI is InChI=1S/C8H13F3N2O3S/c1-13(6-2-3-17(15,16)4-6)7(14)12-5-8(9,10)11/h6H,2-5H2,1H3,(H,12,14). The van der Waals surface area contributed by atoms with Gasteiger partial charge < -0.3 is 10.2 Å². The Morgan fingerprint density at radius 1 is 1.47 bits per heavy atom. The molecule has 1 N–H and O–H groups in total. The second kappa shape index (κ2) is 4.71. The summed E-state index contributed by atoms with van der Waals surface area (Å²) in [5, 5.41) is 1.69. The number of nitrogens with one attached hydrogen (secondary N) is 1. The number of hydrogen-bond acceptors (Lipinski definition) is 3. The molecule has 17 heavy (non-hydrogen) atoms. The maximum Gasteiger partial charge on any atom is 0.405 e. The molecular formula is C8H13F3N2O3S. The minimum Gasteiger partial charge on any atom is -0.329 e. The molecule has 100 valence electrons. The van der Waals surface area contributed by atoms with E-state index in [4.69, 9.17) is 0 Å². The molecule has 1 aliphatic rings. The molecule has 1 aliphatic heterocycles. The van der Waals surface area contributed by atoms with Gasteiger partial charge in [0.15, 0.2) is 9.84 Å². The highest BCUT2D eigenvalue weighted by atomic mass is 32.2. The lowest BCUT2D eigenvalue weighted by Gasteiger charge is -2.23. The van der Waals surface area contributed by atoms with Crippen LogP contribution >= 0.6 is 0 Å². The van der Waals surface area contributed by atoms with Gasteiger partial charge in [-0.15, -0.1) is 0 Å². The quantitative estimate of drug-likeness (QED) is 0.791. The Kier molecular flexibility index (Phi) is 3.90. The average Bonchev–Trinajstić information content (AvgIpc) is 2.53. The summed E-state index contributed by atoms with van der Waals surface area (Å²) in [4.78, 5) is 12.3. The molecule has 0 bridgehead atoms. The molecule has 1 atom stereocenters. The van der Waals surface area contributed by atoms with E-state index < -0.39 is 34.6 Å². The van der Waals surface area contributed by atoms with E-state index in [9.17, 15) is 26.4 Å². The maximum atomic E-state index is 11.9. The highest BCUT2D eigenvalue weighted by molar-refractivity contribution is 7.91. The molecule has 0 aliphatic carbocycles. The van der Waals surface area contributed by atoms with E-state index in [0.29, 0.717) is 0 Å². The molecule has 1 rings (SSSR count). The predicted octanol–water partition coefficient (Wildman–Crippen LogP) is 0.377. The topological polar surface area (TPSA) is 66.5 Å². The first-order valence-corrected chi connectivity index (χ1v) is 6.71. The molecule has 0 aromatic rings. The monoisotopic (exact) mass is 274 g/mol. The summed E-state index contributed by atoms with van der Waals surface area (Å²) in [5.74, 6) is -0.225. The van der Waals surface area contributed by atoms with Crippen LogP contribution in [0.4, 0.5) is 18.0 Å². The normalized spacial score (nSPS) is 23.4. The van der Waals surface area contributed by atoms with Gasteiger partial charge in [0.1, 0.15) is 6.54 Å².